The Labute approximate surface area is 123 Å². The molecule has 5 nitrogen and oxygen atoms in total. The zero-order chi connectivity index (χ0) is 16.2. The van der Waals surface area contributed by atoms with E-state index in [1.807, 2.05) is 6.92 Å². The van der Waals surface area contributed by atoms with E-state index in [-0.39, 0.29) is 11.3 Å². The van der Waals surface area contributed by atoms with Crippen molar-refractivity contribution >= 4 is 17.6 Å². The quantitative estimate of drug-likeness (QED) is 0.752. The monoisotopic (exact) mass is 296 g/mol. The van der Waals surface area contributed by atoms with Gasteiger partial charge in [-0.05, 0) is 32.4 Å². The molecule has 0 saturated carbocycles. The molecule has 0 aliphatic rings. The molecule has 0 saturated heterocycles. The summed E-state index contributed by atoms with van der Waals surface area (Å²) in [6.07, 6.45) is 0.990. The number of carbonyl (C=O) groups is 2. The zero-order valence-corrected chi connectivity index (χ0v) is 12.4. The predicted molar refractivity (Wildman–Crippen MR) is 78.6 cm³/mol. The summed E-state index contributed by atoms with van der Waals surface area (Å²) in [5, 5.41) is 11.6. The number of benzene rings is 1. The first kappa shape index (κ1) is 17.1. The number of carboxylic acid groups (broad SMARTS) is 1. The molecule has 1 rings (SSSR count). The molecule has 0 aliphatic heterocycles. The Morgan fingerprint density at radius 2 is 2.05 bits per heavy atom. The Morgan fingerprint density at radius 1 is 1.43 bits per heavy atom. The van der Waals surface area contributed by atoms with E-state index in [0.29, 0.717) is 12.8 Å². The second kappa shape index (κ2) is 6.67. The minimum atomic E-state index is -1.08. The SMILES string of the molecule is CCCC(C(=O)O)c1ccc(NC(=O)C(C)(C)N)cc1F. The van der Waals surface area contributed by atoms with E-state index in [2.05, 4.69) is 5.32 Å². The first-order valence-corrected chi connectivity index (χ1v) is 6.79. The number of aliphatic carboxylic acids is 1. The minimum absolute atomic E-state index is 0.120. The highest BCUT2D eigenvalue weighted by Crippen LogP contribution is 2.26. The smallest absolute Gasteiger partial charge is 0.311 e. The van der Waals surface area contributed by atoms with Crippen LogP contribution in [0, 0.1) is 5.82 Å². The number of carboxylic acids is 1. The van der Waals surface area contributed by atoms with Gasteiger partial charge in [0.25, 0.3) is 0 Å². The van der Waals surface area contributed by atoms with Crippen molar-refractivity contribution in [1.82, 2.24) is 0 Å². The second-order valence-electron chi connectivity index (χ2n) is 5.59. The van der Waals surface area contributed by atoms with Gasteiger partial charge >= 0.3 is 5.97 Å². The Hall–Kier alpha value is -1.95. The molecule has 1 aromatic carbocycles. The van der Waals surface area contributed by atoms with Crippen LogP contribution < -0.4 is 11.1 Å². The lowest BCUT2D eigenvalue weighted by Gasteiger charge is -2.18. The summed E-state index contributed by atoms with van der Waals surface area (Å²) in [5.74, 6) is -3.04. The molecule has 0 radical (unpaired) electrons. The molecule has 0 heterocycles. The van der Waals surface area contributed by atoms with Crippen LogP contribution in [0.5, 0.6) is 0 Å². The maximum Gasteiger partial charge on any atom is 0.311 e. The standard InChI is InChI=1S/C15H21FN2O3/c1-4-5-11(13(19)20)10-7-6-9(8-12(10)16)18-14(21)15(2,3)17/h6-8,11H,4-5,17H2,1-3H3,(H,18,21)(H,19,20). The van der Waals surface area contributed by atoms with Gasteiger partial charge in [-0.15, -0.1) is 0 Å². The van der Waals surface area contributed by atoms with Crippen LogP contribution in [0.1, 0.15) is 45.1 Å². The van der Waals surface area contributed by atoms with Crippen molar-refractivity contribution in [2.24, 2.45) is 5.73 Å². The molecule has 0 aromatic heterocycles. The Bertz CT molecular complexity index is 538. The molecule has 0 aliphatic carbocycles. The third kappa shape index (κ3) is 4.53. The van der Waals surface area contributed by atoms with Crippen molar-refractivity contribution in [3.63, 3.8) is 0 Å². The molecular weight excluding hydrogens is 275 g/mol. The van der Waals surface area contributed by atoms with E-state index in [0.717, 1.165) is 6.07 Å². The molecule has 116 valence electrons. The topological polar surface area (TPSA) is 92.4 Å². The summed E-state index contributed by atoms with van der Waals surface area (Å²) in [6.45, 7) is 4.91. The molecule has 0 bridgehead atoms. The number of rotatable bonds is 6. The summed E-state index contributed by atoms with van der Waals surface area (Å²) in [5.41, 5.74) is 4.93. The van der Waals surface area contributed by atoms with Gasteiger partial charge in [0.05, 0.1) is 11.5 Å². The molecular formula is C15H21FN2O3. The first-order valence-electron chi connectivity index (χ1n) is 6.79. The van der Waals surface area contributed by atoms with Crippen LogP contribution in [0.25, 0.3) is 0 Å². The summed E-state index contributed by atoms with van der Waals surface area (Å²) in [6, 6.07) is 3.99. The number of nitrogens with one attached hydrogen (secondary N) is 1. The normalized spacial score (nSPS) is 12.8. The lowest BCUT2D eigenvalue weighted by molar-refractivity contribution is -0.139. The van der Waals surface area contributed by atoms with E-state index in [1.54, 1.807) is 0 Å². The number of amides is 1. The molecule has 0 spiro atoms. The van der Waals surface area contributed by atoms with E-state index in [1.165, 1.54) is 26.0 Å². The van der Waals surface area contributed by atoms with Crippen LogP contribution >= 0.6 is 0 Å². The van der Waals surface area contributed by atoms with Crippen LogP contribution in [0.2, 0.25) is 0 Å². The van der Waals surface area contributed by atoms with Gasteiger partial charge in [-0.2, -0.15) is 0 Å². The average molecular weight is 296 g/mol. The third-order valence-electron chi connectivity index (χ3n) is 3.09. The maximum absolute atomic E-state index is 14.1. The van der Waals surface area contributed by atoms with Crippen molar-refractivity contribution in [3.8, 4) is 0 Å². The van der Waals surface area contributed by atoms with E-state index < -0.39 is 29.2 Å². The Balaban J connectivity index is 3.00. The fourth-order valence-corrected chi connectivity index (χ4v) is 1.88. The number of carbonyl (C=O) groups excluding carboxylic acids is 1. The maximum atomic E-state index is 14.1. The van der Waals surface area contributed by atoms with Gasteiger partial charge in [-0.3, -0.25) is 9.59 Å². The van der Waals surface area contributed by atoms with Crippen LogP contribution in [0.3, 0.4) is 0 Å². The van der Waals surface area contributed by atoms with Crippen LogP contribution in [-0.4, -0.2) is 22.5 Å². The first-order chi connectivity index (χ1) is 9.66. The molecule has 6 heteroatoms. The summed E-state index contributed by atoms with van der Waals surface area (Å²) < 4.78 is 14.1. The summed E-state index contributed by atoms with van der Waals surface area (Å²) >= 11 is 0. The van der Waals surface area contributed by atoms with Crippen LogP contribution in [-0.2, 0) is 9.59 Å². The highest BCUT2D eigenvalue weighted by molar-refractivity contribution is 5.97. The number of nitrogens with two attached hydrogens (primary N) is 1. The van der Waals surface area contributed by atoms with Crippen molar-refractivity contribution in [2.75, 3.05) is 5.32 Å². The second-order valence-corrected chi connectivity index (χ2v) is 5.59. The molecule has 4 N–H and O–H groups in total. The number of hydrogen-bond acceptors (Lipinski definition) is 3. The summed E-state index contributed by atoms with van der Waals surface area (Å²) in [4.78, 5) is 22.9. The number of hydrogen-bond donors (Lipinski definition) is 3. The lowest BCUT2D eigenvalue weighted by Crippen LogP contribution is -2.45. The van der Waals surface area contributed by atoms with Gasteiger partial charge in [0.1, 0.15) is 5.82 Å². The van der Waals surface area contributed by atoms with Crippen molar-refractivity contribution in [3.05, 3.63) is 29.6 Å². The highest BCUT2D eigenvalue weighted by Gasteiger charge is 2.24. The van der Waals surface area contributed by atoms with Crippen molar-refractivity contribution < 1.29 is 19.1 Å². The van der Waals surface area contributed by atoms with E-state index >= 15 is 0 Å². The fourth-order valence-electron chi connectivity index (χ4n) is 1.88. The molecule has 1 unspecified atom stereocenters. The minimum Gasteiger partial charge on any atom is -0.481 e. The number of halogens is 1. The Morgan fingerprint density at radius 3 is 2.48 bits per heavy atom. The van der Waals surface area contributed by atoms with Gasteiger partial charge in [0, 0.05) is 11.3 Å². The van der Waals surface area contributed by atoms with E-state index in [4.69, 9.17) is 10.8 Å². The lowest BCUT2D eigenvalue weighted by atomic mass is 9.94. The van der Waals surface area contributed by atoms with Crippen molar-refractivity contribution in [2.45, 2.75) is 45.1 Å². The average Bonchev–Trinajstić information content (AvgIpc) is 2.35. The highest BCUT2D eigenvalue weighted by atomic mass is 19.1. The molecule has 0 fully saturated rings. The third-order valence-corrected chi connectivity index (χ3v) is 3.09. The molecule has 1 amide bonds. The Kier molecular flexibility index (Phi) is 5.43. The van der Waals surface area contributed by atoms with Crippen LogP contribution in [0.15, 0.2) is 18.2 Å². The molecule has 21 heavy (non-hydrogen) atoms. The predicted octanol–water partition coefficient (Wildman–Crippen LogP) is 2.47. The largest absolute Gasteiger partial charge is 0.481 e. The molecule has 1 aromatic rings. The van der Waals surface area contributed by atoms with E-state index in [9.17, 15) is 14.0 Å². The summed E-state index contributed by atoms with van der Waals surface area (Å²) in [7, 11) is 0. The van der Waals surface area contributed by atoms with Crippen molar-refractivity contribution in [1.29, 1.82) is 0 Å². The van der Waals surface area contributed by atoms with Gasteiger partial charge in [0.15, 0.2) is 0 Å². The fraction of sp³-hybridized carbons (Fsp3) is 0.467. The van der Waals surface area contributed by atoms with Gasteiger partial charge in [0.2, 0.25) is 5.91 Å². The van der Waals surface area contributed by atoms with Gasteiger partial charge < -0.3 is 16.2 Å². The van der Waals surface area contributed by atoms with Gasteiger partial charge in [-0.1, -0.05) is 19.4 Å². The number of anilines is 1. The molecule has 1 atom stereocenters. The van der Waals surface area contributed by atoms with Crippen LogP contribution in [0.4, 0.5) is 10.1 Å². The van der Waals surface area contributed by atoms with Gasteiger partial charge in [-0.25, -0.2) is 4.39 Å². The zero-order valence-electron chi connectivity index (χ0n) is 12.4.